The van der Waals surface area contributed by atoms with Gasteiger partial charge in [-0.3, -0.25) is 4.79 Å². The van der Waals surface area contributed by atoms with Crippen molar-refractivity contribution in [2.45, 2.75) is 13.2 Å². The Bertz CT molecular complexity index is 845. The highest BCUT2D eigenvalue weighted by Crippen LogP contribution is 2.19. The summed E-state index contributed by atoms with van der Waals surface area (Å²) in [4.78, 5) is 12.4. The van der Waals surface area contributed by atoms with E-state index in [4.69, 9.17) is 9.47 Å². The third-order valence-corrected chi connectivity index (χ3v) is 3.94. The van der Waals surface area contributed by atoms with Crippen molar-refractivity contribution in [3.05, 3.63) is 95.6 Å². The van der Waals surface area contributed by atoms with E-state index in [2.05, 4.69) is 5.32 Å². The second kappa shape index (κ2) is 8.83. The van der Waals surface area contributed by atoms with Crippen molar-refractivity contribution in [1.82, 2.24) is 0 Å². The molecule has 0 unspecified atom stereocenters. The summed E-state index contributed by atoms with van der Waals surface area (Å²) in [5, 5.41) is 2.88. The Morgan fingerprint density at radius 3 is 2.12 bits per heavy atom. The van der Waals surface area contributed by atoms with Crippen LogP contribution in [0.3, 0.4) is 0 Å². The van der Waals surface area contributed by atoms with Gasteiger partial charge >= 0.3 is 0 Å². The molecule has 0 radical (unpaired) electrons. The van der Waals surface area contributed by atoms with Crippen LogP contribution in [0.15, 0.2) is 78.9 Å². The summed E-state index contributed by atoms with van der Waals surface area (Å²) in [6.07, 6.45) is 0. The molecule has 3 rings (SSSR count). The number of para-hydroxylation sites is 1. The summed E-state index contributed by atoms with van der Waals surface area (Å²) < 4.78 is 10.9. The van der Waals surface area contributed by atoms with E-state index in [0.717, 1.165) is 16.8 Å². The molecule has 0 saturated carbocycles. The number of nitrogens with one attached hydrogen (secondary N) is 1. The fraction of sp³-hybridized carbons (Fsp3) is 0.136. The number of benzene rings is 3. The monoisotopic (exact) mass is 347 g/mol. The molecule has 0 aliphatic rings. The number of methoxy groups -OCH3 is 1. The summed E-state index contributed by atoms with van der Waals surface area (Å²) in [5.41, 5.74) is 3.43. The van der Waals surface area contributed by atoms with E-state index in [1.54, 1.807) is 19.2 Å². The first kappa shape index (κ1) is 17.7. The summed E-state index contributed by atoms with van der Waals surface area (Å²) in [6.45, 7) is 1.10. The van der Waals surface area contributed by atoms with E-state index in [9.17, 15) is 4.79 Å². The highest BCUT2D eigenvalue weighted by molar-refractivity contribution is 6.06. The van der Waals surface area contributed by atoms with Crippen LogP contribution in [0, 0.1) is 0 Å². The van der Waals surface area contributed by atoms with Gasteiger partial charge in [-0.25, -0.2) is 0 Å². The molecule has 0 heterocycles. The average Bonchev–Trinajstić information content (AvgIpc) is 2.70. The minimum Gasteiger partial charge on any atom is -0.496 e. The molecule has 4 heteroatoms. The molecule has 0 saturated heterocycles. The van der Waals surface area contributed by atoms with Gasteiger partial charge in [-0.15, -0.1) is 0 Å². The second-order valence-electron chi connectivity index (χ2n) is 5.83. The predicted octanol–water partition coefficient (Wildman–Crippen LogP) is 4.66. The Hall–Kier alpha value is -3.11. The smallest absolute Gasteiger partial charge is 0.259 e. The van der Waals surface area contributed by atoms with Crippen molar-refractivity contribution in [2.75, 3.05) is 12.4 Å². The standard InChI is InChI=1S/C22H21NO3/c1-25-21-10-6-5-9-20(21)22(24)23-19-13-11-18(12-14-19)16-26-15-17-7-3-2-4-8-17/h2-14H,15-16H2,1H3,(H,23,24). The number of rotatable bonds is 7. The van der Waals surface area contributed by atoms with E-state index in [-0.39, 0.29) is 5.91 Å². The van der Waals surface area contributed by atoms with Crippen LogP contribution in [-0.4, -0.2) is 13.0 Å². The van der Waals surface area contributed by atoms with Gasteiger partial charge in [0.1, 0.15) is 5.75 Å². The number of ether oxygens (including phenoxy) is 2. The molecule has 0 atom stereocenters. The fourth-order valence-corrected chi connectivity index (χ4v) is 2.58. The Balaban J connectivity index is 1.55. The van der Waals surface area contributed by atoms with Gasteiger partial charge in [0.2, 0.25) is 0 Å². The van der Waals surface area contributed by atoms with Crippen LogP contribution in [0.2, 0.25) is 0 Å². The molecular weight excluding hydrogens is 326 g/mol. The SMILES string of the molecule is COc1ccccc1C(=O)Nc1ccc(COCc2ccccc2)cc1. The van der Waals surface area contributed by atoms with Crippen LogP contribution in [0.1, 0.15) is 21.5 Å². The molecule has 3 aromatic rings. The molecule has 0 spiro atoms. The van der Waals surface area contributed by atoms with Crippen molar-refractivity contribution in [1.29, 1.82) is 0 Å². The Morgan fingerprint density at radius 2 is 1.42 bits per heavy atom. The van der Waals surface area contributed by atoms with Gasteiger partial charge in [0.15, 0.2) is 0 Å². The van der Waals surface area contributed by atoms with E-state index in [1.807, 2.05) is 66.7 Å². The van der Waals surface area contributed by atoms with Gasteiger partial charge in [-0.2, -0.15) is 0 Å². The minimum absolute atomic E-state index is 0.199. The number of amides is 1. The van der Waals surface area contributed by atoms with E-state index in [1.165, 1.54) is 0 Å². The van der Waals surface area contributed by atoms with Crippen molar-refractivity contribution < 1.29 is 14.3 Å². The molecule has 0 aromatic heterocycles. The molecular formula is C22H21NO3. The van der Waals surface area contributed by atoms with Crippen molar-refractivity contribution in [3.63, 3.8) is 0 Å². The van der Waals surface area contributed by atoms with Crippen LogP contribution in [0.25, 0.3) is 0 Å². The van der Waals surface area contributed by atoms with Crippen LogP contribution < -0.4 is 10.1 Å². The number of hydrogen-bond donors (Lipinski definition) is 1. The first-order valence-electron chi connectivity index (χ1n) is 8.41. The lowest BCUT2D eigenvalue weighted by atomic mass is 10.1. The third kappa shape index (κ3) is 4.71. The van der Waals surface area contributed by atoms with Gasteiger partial charge in [0.25, 0.3) is 5.91 Å². The quantitative estimate of drug-likeness (QED) is 0.676. The highest BCUT2D eigenvalue weighted by atomic mass is 16.5. The van der Waals surface area contributed by atoms with Crippen molar-refractivity contribution in [3.8, 4) is 5.75 Å². The fourth-order valence-electron chi connectivity index (χ4n) is 2.58. The third-order valence-electron chi connectivity index (χ3n) is 3.94. The summed E-state index contributed by atoms with van der Waals surface area (Å²) >= 11 is 0. The van der Waals surface area contributed by atoms with Crippen LogP contribution in [0.4, 0.5) is 5.69 Å². The van der Waals surface area contributed by atoms with Gasteiger partial charge in [-0.05, 0) is 35.4 Å². The van der Waals surface area contributed by atoms with Crippen molar-refractivity contribution in [2.24, 2.45) is 0 Å². The maximum Gasteiger partial charge on any atom is 0.259 e. The molecule has 0 bridgehead atoms. The summed E-state index contributed by atoms with van der Waals surface area (Å²) in [5.74, 6) is 0.353. The van der Waals surface area contributed by atoms with Crippen LogP contribution in [-0.2, 0) is 18.0 Å². The maximum absolute atomic E-state index is 12.4. The zero-order valence-electron chi connectivity index (χ0n) is 14.6. The van der Waals surface area contributed by atoms with Gasteiger partial charge < -0.3 is 14.8 Å². The zero-order valence-corrected chi connectivity index (χ0v) is 14.6. The largest absolute Gasteiger partial charge is 0.496 e. The molecule has 26 heavy (non-hydrogen) atoms. The molecule has 1 N–H and O–H groups in total. The summed E-state index contributed by atoms with van der Waals surface area (Å²) in [6, 6.07) is 24.8. The predicted molar refractivity (Wildman–Crippen MR) is 102 cm³/mol. The molecule has 4 nitrogen and oxygen atoms in total. The van der Waals surface area contributed by atoms with Gasteiger partial charge in [-0.1, -0.05) is 54.6 Å². The Labute approximate surface area is 153 Å². The summed E-state index contributed by atoms with van der Waals surface area (Å²) in [7, 11) is 1.55. The second-order valence-corrected chi connectivity index (χ2v) is 5.83. The lowest BCUT2D eigenvalue weighted by molar-refractivity contribution is 0.102. The lowest BCUT2D eigenvalue weighted by Crippen LogP contribution is -2.13. The van der Waals surface area contributed by atoms with E-state index < -0.39 is 0 Å². The van der Waals surface area contributed by atoms with Gasteiger partial charge in [0, 0.05) is 5.69 Å². The van der Waals surface area contributed by atoms with E-state index >= 15 is 0 Å². The number of carbonyl (C=O) groups is 1. The maximum atomic E-state index is 12.4. The molecule has 0 aliphatic heterocycles. The first-order valence-corrected chi connectivity index (χ1v) is 8.41. The average molecular weight is 347 g/mol. The lowest BCUT2D eigenvalue weighted by Gasteiger charge is -2.10. The molecule has 0 fully saturated rings. The normalized spacial score (nSPS) is 10.3. The molecule has 3 aromatic carbocycles. The van der Waals surface area contributed by atoms with Crippen LogP contribution >= 0.6 is 0 Å². The zero-order chi connectivity index (χ0) is 18.2. The molecule has 1 amide bonds. The number of hydrogen-bond acceptors (Lipinski definition) is 3. The Morgan fingerprint density at radius 1 is 0.808 bits per heavy atom. The molecule has 132 valence electrons. The van der Waals surface area contributed by atoms with Gasteiger partial charge in [0.05, 0.1) is 25.9 Å². The number of carbonyl (C=O) groups excluding carboxylic acids is 1. The highest BCUT2D eigenvalue weighted by Gasteiger charge is 2.11. The van der Waals surface area contributed by atoms with E-state index in [0.29, 0.717) is 24.5 Å². The van der Waals surface area contributed by atoms with Crippen LogP contribution in [0.5, 0.6) is 5.75 Å². The number of anilines is 1. The minimum atomic E-state index is -0.199. The van der Waals surface area contributed by atoms with Crippen molar-refractivity contribution >= 4 is 11.6 Å². The topological polar surface area (TPSA) is 47.6 Å². The Kier molecular flexibility index (Phi) is 6.01. The molecule has 0 aliphatic carbocycles. The first-order chi connectivity index (χ1) is 12.8.